The topological polar surface area (TPSA) is 83.8 Å². The van der Waals surface area contributed by atoms with Gasteiger partial charge in [-0.1, -0.05) is 72.5 Å². The van der Waals surface area contributed by atoms with Gasteiger partial charge >= 0.3 is 0 Å². The molecule has 1 saturated heterocycles. The van der Waals surface area contributed by atoms with Crippen LogP contribution in [-0.4, -0.2) is 16.6 Å². The number of hydrogen-bond acceptors (Lipinski definition) is 4. The van der Waals surface area contributed by atoms with Gasteiger partial charge in [0.1, 0.15) is 12.4 Å². The second kappa shape index (κ2) is 10.5. The van der Waals surface area contributed by atoms with Crippen molar-refractivity contribution in [2.24, 2.45) is 0 Å². The number of amides is 1. The van der Waals surface area contributed by atoms with Gasteiger partial charge in [0.15, 0.2) is 12.4 Å². The van der Waals surface area contributed by atoms with Crippen molar-refractivity contribution < 1.29 is 24.4 Å². The standard InChI is InChI=1S/C31H26N2O4/c1-21-17-25(14-15-26(21)37-20-22-9-4-2-5-10-22)29(34)27-28(24-12-6-3-7-13-24)33(31(36)30(27)35)19-23-11-8-16-32-18-23/h2-18,28,34H,19-20H2,1H3. The molecule has 0 aliphatic carbocycles. The van der Waals surface area contributed by atoms with Gasteiger partial charge in [0.05, 0.1) is 12.6 Å². The fraction of sp³-hybridized carbons (Fsp3) is 0.129. The number of ether oxygens (including phenoxy) is 1. The molecule has 0 bridgehead atoms. The number of benzene rings is 3. The summed E-state index contributed by atoms with van der Waals surface area (Å²) >= 11 is 0. The van der Waals surface area contributed by atoms with E-state index in [1.807, 2.05) is 79.7 Å². The van der Waals surface area contributed by atoms with Crippen LogP contribution in [-0.2, 0) is 22.7 Å². The number of aromatic nitrogens is 1. The fourth-order valence-electron chi connectivity index (χ4n) is 4.58. The van der Waals surface area contributed by atoms with Crippen molar-refractivity contribution in [2.75, 3.05) is 0 Å². The van der Waals surface area contributed by atoms with Gasteiger partial charge in [-0.05, 0) is 47.4 Å². The van der Waals surface area contributed by atoms with Crippen LogP contribution >= 0.6 is 0 Å². The Hall–Kier alpha value is -4.71. The van der Waals surface area contributed by atoms with Crippen LogP contribution in [0.4, 0.5) is 0 Å². The monoisotopic (exact) mass is 490 g/mol. The molecule has 37 heavy (non-hydrogen) atoms. The lowest BCUT2D eigenvalue weighted by Gasteiger charge is -2.27. The number of carbonyl (C=O) groups excluding carboxylic acids is 2. The number of aromatic amines is 1. The first kappa shape index (κ1) is 24.0. The van der Waals surface area contributed by atoms with E-state index >= 15 is 0 Å². The molecule has 1 aliphatic rings. The predicted octanol–water partition coefficient (Wildman–Crippen LogP) is 3.81. The molecule has 0 radical (unpaired) electrons. The van der Waals surface area contributed by atoms with Crippen LogP contribution in [0.5, 0.6) is 5.75 Å². The molecular weight excluding hydrogens is 464 g/mol. The Balaban J connectivity index is 1.50. The Morgan fingerprint density at radius 2 is 1.62 bits per heavy atom. The first-order valence-corrected chi connectivity index (χ1v) is 12.1. The third kappa shape index (κ3) is 5.00. The fourth-order valence-corrected chi connectivity index (χ4v) is 4.58. The lowest BCUT2D eigenvalue weighted by atomic mass is 9.94. The molecule has 0 spiro atoms. The lowest BCUT2D eigenvalue weighted by Crippen LogP contribution is -2.29. The van der Waals surface area contributed by atoms with Crippen molar-refractivity contribution >= 4 is 17.4 Å². The van der Waals surface area contributed by atoms with Gasteiger partial charge in [-0.3, -0.25) is 9.59 Å². The zero-order chi connectivity index (χ0) is 25.8. The summed E-state index contributed by atoms with van der Waals surface area (Å²) in [6.45, 7) is 2.46. The van der Waals surface area contributed by atoms with E-state index in [1.54, 1.807) is 30.6 Å². The zero-order valence-corrected chi connectivity index (χ0v) is 20.4. The second-order valence-corrected chi connectivity index (χ2v) is 8.98. The zero-order valence-electron chi connectivity index (χ0n) is 20.4. The average molecular weight is 491 g/mol. The Morgan fingerprint density at radius 3 is 2.30 bits per heavy atom. The van der Waals surface area contributed by atoms with Gasteiger partial charge in [0, 0.05) is 17.2 Å². The predicted molar refractivity (Wildman–Crippen MR) is 137 cm³/mol. The first-order chi connectivity index (χ1) is 18.0. The lowest BCUT2D eigenvalue weighted by molar-refractivity contribution is -0.378. The second-order valence-electron chi connectivity index (χ2n) is 8.98. The minimum atomic E-state index is -0.775. The minimum absolute atomic E-state index is 0.0338. The summed E-state index contributed by atoms with van der Waals surface area (Å²) in [6, 6.07) is 27.0. The molecule has 6 nitrogen and oxygen atoms in total. The molecule has 1 fully saturated rings. The Morgan fingerprint density at radius 1 is 0.919 bits per heavy atom. The summed E-state index contributed by atoms with van der Waals surface area (Å²) in [5.41, 5.74) is 3.66. The summed E-state index contributed by atoms with van der Waals surface area (Å²) in [4.78, 5) is 30.9. The van der Waals surface area contributed by atoms with Crippen molar-refractivity contribution in [1.29, 1.82) is 0 Å². The van der Waals surface area contributed by atoms with Crippen LogP contribution in [0.2, 0.25) is 0 Å². The molecule has 1 aromatic heterocycles. The molecule has 1 atom stereocenters. The number of likely N-dealkylation sites (tertiary alicyclic amines) is 1. The number of pyridine rings is 1. The Labute approximate surface area is 215 Å². The van der Waals surface area contributed by atoms with E-state index in [4.69, 9.17) is 4.74 Å². The molecule has 1 amide bonds. The van der Waals surface area contributed by atoms with Crippen LogP contribution < -0.4 is 14.8 Å². The van der Waals surface area contributed by atoms with Gasteiger partial charge in [-0.25, -0.2) is 4.98 Å². The van der Waals surface area contributed by atoms with Gasteiger partial charge < -0.3 is 14.7 Å². The summed E-state index contributed by atoms with van der Waals surface area (Å²) < 4.78 is 5.94. The van der Waals surface area contributed by atoms with Gasteiger partial charge in [0.25, 0.3) is 5.91 Å². The molecule has 184 valence electrons. The molecule has 5 rings (SSSR count). The van der Waals surface area contributed by atoms with E-state index in [0.717, 1.165) is 16.7 Å². The van der Waals surface area contributed by atoms with Crippen molar-refractivity contribution in [1.82, 2.24) is 4.90 Å². The molecule has 4 aromatic rings. The first-order valence-electron chi connectivity index (χ1n) is 12.1. The van der Waals surface area contributed by atoms with Gasteiger partial charge in [0.2, 0.25) is 5.78 Å². The maximum Gasteiger partial charge on any atom is 0.295 e. The molecule has 1 N–H and O–H groups in total. The Kier molecular flexibility index (Phi) is 6.81. The van der Waals surface area contributed by atoms with E-state index in [-0.39, 0.29) is 12.1 Å². The van der Waals surface area contributed by atoms with E-state index < -0.39 is 23.5 Å². The summed E-state index contributed by atoms with van der Waals surface area (Å²) in [7, 11) is 0. The quantitative estimate of drug-likeness (QED) is 0.224. The third-order valence-electron chi connectivity index (χ3n) is 6.44. The van der Waals surface area contributed by atoms with Crippen LogP contribution in [0.25, 0.3) is 5.76 Å². The van der Waals surface area contributed by atoms with Crippen LogP contribution in [0.1, 0.15) is 33.9 Å². The number of H-pyrrole nitrogens is 1. The highest BCUT2D eigenvalue weighted by atomic mass is 16.5. The summed E-state index contributed by atoms with van der Waals surface area (Å²) in [5, 5.41) is 13.7. The van der Waals surface area contributed by atoms with Gasteiger partial charge in [-0.15, -0.1) is 0 Å². The van der Waals surface area contributed by atoms with E-state index in [9.17, 15) is 14.7 Å². The molecule has 3 aromatic carbocycles. The molecule has 6 heteroatoms. The van der Waals surface area contributed by atoms with E-state index in [2.05, 4.69) is 4.98 Å². The number of aryl methyl sites for hydroxylation is 1. The van der Waals surface area contributed by atoms with E-state index in [1.165, 1.54) is 4.90 Å². The average Bonchev–Trinajstić information content (AvgIpc) is 3.18. The van der Waals surface area contributed by atoms with E-state index in [0.29, 0.717) is 23.5 Å². The van der Waals surface area contributed by atoms with Crippen molar-refractivity contribution in [3.63, 3.8) is 0 Å². The van der Waals surface area contributed by atoms with Crippen molar-refractivity contribution in [2.45, 2.75) is 26.1 Å². The minimum Gasteiger partial charge on any atom is -0.872 e. The summed E-state index contributed by atoms with van der Waals surface area (Å²) in [5.74, 6) is -1.24. The maximum absolute atomic E-state index is 13.7. The number of Topliss-reactive ketones (excluding diaryl/α,β-unsaturated/α-hetero) is 1. The van der Waals surface area contributed by atoms with Gasteiger partial charge in [-0.2, -0.15) is 0 Å². The molecule has 2 heterocycles. The molecular formula is C31H26N2O4. The largest absolute Gasteiger partial charge is 0.872 e. The Bertz CT molecular complexity index is 1450. The number of nitrogens with one attached hydrogen (secondary N) is 1. The van der Waals surface area contributed by atoms with Crippen LogP contribution in [0, 0.1) is 6.92 Å². The number of nitrogens with zero attached hydrogens (tertiary/aromatic N) is 1. The van der Waals surface area contributed by atoms with Crippen molar-refractivity contribution in [3.05, 3.63) is 137 Å². The van der Waals surface area contributed by atoms with Crippen LogP contribution in [0.3, 0.4) is 0 Å². The highest BCUT2D eigenvalue weighted by Crippen LogP contribution is 2.39. The summed E-state index contributed by atoms with van der Waals surface area (Å²) in [6.07, 6.45) is 3.54. The number of hydrogen-bond donors (Lipinski definition) is 0. The third-order valence-corrected chi connectivity index (χ3v) is 6.44. The number of ketones is 1. The smallest absolute Gasteiger partial charge is 0.295 e. The highest BCUT2D eigenvalue weighted by molar-refractivity contribution is 6.46. The normalized spacial score (nSPS) is 16.7. The molecule has 1 aliphatic heterocycles. The number of carbonyl (C=O) groups is 2. The molecule has 0 saturated carbocycles. The number of rotatable bonds is 7. The SMILES string of the molecule is Cc1cc(C([O-])=C2C(=O)C(=O)N(Cc3ccc[nH+]c3)C2c2ccccc2)ccc1OCc1ccccc1. The maximum atomic E-state index is 13.7. The van der Waals surface area contributed by atoms with Crippen LogP contribution in [0.15, 0.2) is 109 Å². The highest BCUT2D eigenvalue weighted by Gasteiger charge is 2.44. The molecule has 1 unspecified atom stereocenters. The van der Waals surface area contributed by atoms with Crippen molar-refractivity contribution in [3.8, 4) is 5.75 Å².